The van der Waals surface area contributed by atoms with Crippen LogP contribution in [0.3, 0.4) is 0 Å². The molecule has 0 saturated carbocycles. The molecule has 1 aromatic rings. The molecule has 1 aliphatic rings. The molecule has 23 heavy (non-hydrogen) atoms. The van der Waals surface area contributed by atoms with Crippen molar-refractivity contribution in [1.29, 1.82) is 0 Å². The molecule has 1 unspecified atom stereocenters. The van der Waals surface area contributed by atoms with Crippen molar-refractivity contribution in [3.05, 3.63) is 46.6 Å². The molecule has 0 heterocycles. The number of phenolic OH excluding ortho intramolecular Hbond substituents is 2. The number of aromatic hydroxyl groups is 2. The highest BCUT2D eigenvalue weighted by Gasteiger charge is 2.33. The molecular formula is C17H20O6. The number of aliphatic hydroxyl groups excluding tert-OH is 2. The minimum absolute atomic E-state index is 0.0779. The lowest BCUT2D eigenvalue weighted by Gasteiger charge is -2.20. The smallest absolute Gasteiger partial charge is 0.196 e. The van der Waals surface area contributed by atoms with E-state index >= 15 is 0 Å². The van der Waals surface area contributed by atoms with E-state index in [-0.39, 0.29) is 34.6 Å². The number of hydrogen-bond acceptors (Lipinski definition) is 6. The maximum absolute atomic E-state index is 12.3. The SMILES string of the molecule is CC(C)=CCC(O)C1=CC(=O)c2c(O)ccc(O)c2C1=O.CO. The number of benzene rings is 1. The molecule has 0 radical (unpaired) electrons. The van der Waals surface area contributed by atoms with E-state index in [1.54, 1.807) is 6.08 Å². The van der Waals surface area contributed by atoms with Crippen LogP contribution in [0.2, 0.25) is 0 Å². The Balaban J connectivity index is 0.00000127. The van der Waals surface area contributed by atoms with Crippen LogP contribution in [0.4, 0.5) is 0 Å². The number of rotatable bonds is 3. The van der Waals surface area contributed by atoms with E-state index in [0.717, 1.165) is 30.9 Å². The third kappa shape index (κ3) is 3.85. The van der Waals surface area contributed by atoms with Gasteiger partial charge in [0.25, 0.3) is 0 Å². The van der Waals surface area contributed by atoms with Crippen LogP contribution >= 0.6 is 0 Å². The first-order chi connectivity index (χ1) is 10.8. The Morgan fingerprint density at radius 2 is 1.61 bits per heavy atom. The minimum atomic E-state index is -1.13. The summed E-state index contributed by atoms with van der Waals surface area (Å²) in [6, 6.07) is 2.29. The second kappa shape index (κ2) is 7.71. The van der Waals surface area contributed by atoms with E-state index in [1.165, 1.54) is 0 Å². The van der Waals surface area contributed by atoms with Gasteiger partial charge in [0.2, 0.25) is 0 Å². The van der Waals surface area contributed by atoms with Gasteiger partial charge in [0.15, 0.2) is 11.6 Å². The zero-order chi connectivity index (χ0) is 17.7. The molecule has 0 spiro atoms. The lowest BCUT2D eigenvalue weighted by Crippen LogP contribution is -2.25. The third-order valence-electron chi connectivity index (χ3n) is 3.29. The number of carbonyl (C=O) groups excluding carboxylic acids is 2. The minimum Gasteiger partial charge on any atom is -0.507 e. The first-order valence-corrected chi connectivity index (χ1v) is 6.94. The van der Waals surface area contributed by atoms with Gasteiger partial charge in [-0.3, -0.25) is 9.59 Å². The number of carbonyl (C=O) groups is 2. The van der Waals surface area contributed by atoms with Gasteiger partial charge >= 0.3 is 0 Å². The van der Waals surface area contributed by atoms with Gasteiger partial charge in [0, 0.05) is 12.7 Å². The highest BCUT2D eigenvalue weighted by atomic mass is 16.3. The Bertz CT molecular complexity index is 681. The van der Waals surface area contributed by atoms with Gasteiger partial charge in [-0.25, -0.2) is 0 Å². The fourth-order valence-corrected chi connectivity index (χ4v) is 2.21. The van der Waals surface area contributed by atoms with Crippen LogP contribution in [0, 0.1) is 0 Å². The maximum atomic E-state index is 12.3. The van der Waals surface area contributed by atoms with E-state index in [1.807, 2.05) is 13.8 Å². The molecule has 6 nitrogen and oxygen atoms in total. The summed E-state index contributed by atoms with van der Waals surface area (Å²) in [5, 5.41) is 36.5. The van der Waals surface area contributed by atoms with E-state index in [2.05, 4.69) is 0 Å². The molecule has 0 amide bonds. The van der Waals surface area contributed by atoms with Gasteiger partial charge in [-0.05, 0) is 38.5 Å². The summed E-state index contributed by atoms with van der Waals surface area (Å²) < 4.78 is 0. The van der Waals surface area contributed by atoms with Crippen LogP contribution in [0.15, 0.2) is 35.4 Å². The Morgan fingerprint density at radius 1 is 1.09 bits per heavy atom. The monoisotopic (exact) mass is 320 g/mol. The molecule has 0 aliphatic heterocycles. The first kappa shape index (κ1) is 18.6. The Labute approximate surface area is 134 Å². The zero-order valence-corrected chi connectivity index (χ0v) is 13.2. The molecular weight excluding hydrogens is 300 g/mol. The van der Waals surface area contributed by atoms with Crippen molar-refractivity contribution >= 4 is 11.6 Å². The summed E-state index contributed by atoms with van der Waals surface area (Å²) in [5.74, 6) is -2.01. The summed E-state index contributed by atoms with van der Waals surface area (Å²) in [4.78, 5) is 24.4. The van der Waals surface area contributed by atoms with Gasteiger partial charge < -0.3 is 20.4 Å². The number of allylic oxidation sites excluding steroid dienone is 2. The topological polar surface area (TPSA) is 115 Å². The second-order valence-electron chi connectivity index (χ2n) is 5.18. The van der Waals surface area contributed by atoms with Crippen LogP contribution in [-0.2, 0) is 0 Å². The standard InChI is InChI=1S/C16H16O5.CH4O/c1-8(2)3-4-10(17)9-7-13(20)14-11(18)5-6-12(19)15(14)16(9)21;1-2/h3,5-7,10,17-19H,4H2,1-2H3;2H,1H3. The fourth-order valence-electron chi connectivity index (χ4n) is 2.21. The molecule has 0 aromatic heterocycles. The fraction of sp³-hybridized carbons (Fsp3) is 0.294. The average Bonchev–Trinajstić information content (AvgIpc) is 2.52. The number of aliphatic hydroxyl groups is 2. The van der Waals surface area contributed by atoms with Gasteiger partial charge in [-0.15, -0.1) is 0 Å². The van der Waals surface area contributed by atoms with Crippen molar-refractivity contribution in [2.24, 2.45) is 0 Å². The summed E-state index contributed by atoms with van der Waals surface area (Å²) in [7, 11) is 1.00. The summed E-state index contributed by atoms with van der Waals surface area (Å²) in [6.07, 6.45) is 1.84. The normalized spacial score (nSPS) is 14.2. The predicted octanol–water partition coefficient (Wildman–Crippen LogP) is 1.73. The van der Waals surface area contributed by atoms with Crippen molar-refractivity contribution in [2.45, 2.75) is 26.4 Å². The number of phenols is 2. The number of ketones is 2. The molecule has 2 rings (SSSR count). The zero-order valence-electron chi connectivity index (χ0n) is 13.2. The van der Waals surface area contributed by atoms with Crippen molar-refractivity contribution in [1.82, 2.24) is 0 Å². The van der Waals surface area contributed by atoms with E-state index in [0.29, 0.717) is 0 Å². The summed E-state index contributed by atoms with van der Waals surface area (Å²) in [6.45, 7) is 3.71. The van der Waals surface area contributed by atoms with E-state index < -0.39 is 17.7 Å². The van der Waals surface area contributed by atoms with Gasteiger partial charge in [-0.1, -0.05) is 11.6 Å². The molecule has 124 valence electrons. The molecule has 1 atom stereocenters. The van der Waals surface area contributed by atoms with Gasteiger partial charge in [0.05, 0.1) is 17.2 Å². The summed E-state index contributed by atoms with van der Waals surface area (Å²) >= 11 is 0. The van der Waals surface area contributed by atoms with Gasteiger partial charge in [0.1, 0.15) is 11.5 Å². The van der Waals surface area contributed by atoms with Gasteiger partial charge in [-0.2, -0.15) is 0 Å². The van der Waals surface area contributed by atoms with Crippen molar-refractivity contribution in [3.8, 4) is 11.5 Å². The largest absolute Gasteiger partial charge is 0.507 e. The Hall–Kier alpha value is -2.44. The molecule has 0 bridgehead atoms. The predicted molar refractivity (Wildman–Crippen MR) is 84.7 cm³/mol. The Morgan fingerprint density at radius 3 is 2.13 bits per heavy atom. The molecule has 0 fully saturated rings. The second-order valence-corrected chi connectivity index (χ2v) is 5.18. The average molecular weight is 320 g/mol. The molecule has 0 saturated heterocycles. The number of Topliss-reactive ketones (excluding diaryl/α,β-unsaturated/α-hetero) is 1. The molecule has 4 N–H and O–H groups in total. The van der Waals surface area contributed by atoms with Crippen LogP contribution in [-0.4, -0.2) is 45.2 Å². The van der Waals surface area contributed by atoms with Crippen LogP contribution < -0.4 is 0 Å². The number of fused-ring (bicyclic) bond motifs is 1. The van der Waals surface area contributed by atoms with Crippen molar-refractivity contribution < 1.29 is 30.0 Å². The highest BCUT2D eigenvalue weighted by Crippen LogP contribution is 2.35. The quantitative estimate of drug-likeness (QED) is 0.498. The lowest BCUT2D eigenvalue weighted by atomic mass is 9.85. The number of hydrogen-bond donors (Lipinski definition) is 4. The Kier molecular flexibility index (Phi) is 6.24. The molecule has 1 aliphatic carbocycles. The van der Waals surface area contributed by atoms with Crippen molar-refractivity contribution in [2.75, 3.05) is 7.11 Å². The highest BCUT2D eigenvalue weighted by molar-refractivity contribution is 6.26. The van der Waals surface area contributed by atoms with E-state index in [9.17, 15) is 24.9 Å². The van der Waals surface area contributed by atoms with Crippen molar-refractivity contribution in [3.63, 3.8) is 0 Å². The molecule has 1 aromatic carbocycles. The maximum Gasteiger partial charge on any atom is 0.196 e. The van der Waals surface area contributed by atoms with Crippen LogP contribution in [0.25, 0.3) is 0 Å². The van der Waals surface area contributed by atoms with Crippen LogP contribution in [0.1, 0.15) is 41.0 Å². The van der Waals surface area contributed by atoms with E-state index in [4.69, 9.17) is 5.11 Å². The summed E-state index contributed by atoms with van der Waals surface area (Å²) in [5.41, 5.74) is 0.419. The lowest BCUT2D eigenvalue weighted by molar-refractivity contribution is 0.0943. The first-order valence-electron chi connectivity index (χ1n) is 6.94. The third-order valence-corrected chi connectivity index (χ3v) is 3.29. The van der Waals surface area contributed by atoms with Crippen LogP contribution in [0.5, 0.6) is 11.5 Å². The molecule has 6 heteroatoms.